The van der Waals surface area contributed by atoms with Crippen molar-refractivity contribution < 1.29 is 14.7 Å². The molecular formula is C13H23N3O3. The fraction of sp³-hybridized carbons (Fsp3) is 0.846. The first kappa shape index (κ1) is 14.3. The van der Waals surface area contributed by atoms with Gasteiger partial charge >= 0.3 is 5.97 Å². The van der Waals surface area contributed by atoms with Crippen LogP contribution in [0, 0.1) is 5.92 Å². The van der Waals surface area contributed by atoms with E-state index in [1.807, 2.05) is 0 Å². The van der Waals surface area contributed by atoms with Crippen LogP contribution >= 0.6 is 0 Å². The minimum absolute atomic E-state index is 0.00603. The number of hydrogen-bond donors (Lipinski definition) is 3. The van der Waals surface area contributed by atoms with Crippen LogP contribution in [0.3, 0.4) is 0 Å². The third kappa shape index (κ3) is 4.18. The molecule has 0 bridgehead atoms. The standard InChI is InChI=1S/C13H23N3O3/c14-10-3-5-16(6-4-10)8-12(17)15-11-2-1-9(7-11)13(18)19/h9-11H,1-8,14H2,(H,15,17)(H,18,19)/t9-,11+/m1/s1. The Labute approximate surface area is 113 Å². The van der Waals surface area contributed by atoms with E-state index in [0.717, 1.165) is 32.4 Å². The molecule has 1 aliphatic carbocycles. The zero-order chi connectivity index (χ0) is 13.8. The highest BCUT2D eigenvalue weighted by Gasteiger charge is 2.30. The second kappa shape index (κ2) is 6.34. The monoisotopic (exact) mass is 269 g/mol. The molecule has 2 rings (SSSR count). The van der Waals surface area contributed by atoms with Crippen LogP contribution in [0.4, 0.5) is 0 Å². The van der Waals surface area contributed by atoms with E-state index >= 15 is 0 Å². The van der Waals surface area contributed by atoms with Gasteiger partial charge in [0.25, 0.3) is 0 Å². The number of rotatable bonds is 4. The van der Waals surface area contributed by atoms with Crippen LogP contribution in [0.2, 0.25) is 0 Å². The van der Waals surface area contributed by atoms with Gasteiger partial charge in [0.2, 0.25) is 5.91 Å². The van der Waals surface area contributed by atoms with Crippen LogP contribution in [0.5, 0.6) is 0 Å². The van der Waals surface area contributed by atoms with Gasteiger partial charge in [-0.3, -0.25) is 14.5 Å². The Kier molecular flexibility index (Phi) is 4.76. The summed E-state index contributed by atoms with van der Waals surface area (Å²) in [6, 6.07) is 0.297. The highest BCUT2D eigenvalue weighted by molar-refractivity contribution is 5.78. The maximum atomic E-state index is 11.9. The molecule has 1 saturated carbocycles. The van der Waals surface area contributed by atoms with Crippen molar-refractivity contribution in [2.45, 2.75) is 44.2 Å². The summed E-state index contributed by atoms with van der Waals surface area (Å²) in [5, 5.41) is 11.9. The molecule has 6 nitrogen and oxygen atoms in total. The maximum absolute atomic E-state index is 11.9. The highest BCUT2D eigenvalue weighted by atomic mass is 16.4. The Morgan fingerprint density at radius 2 is 1.89 bits per heavy atom. The number of carbonyl (C=O) groups is 2. The van der Waals surface area contributed by atoms with Crippen molar-refractivity contribution in [2.75, 3.05) is 19.6 Å². The molecule has 4 N–H and O–H groups in total. The summed E-state index contributed by atoms with van der Waals surface area (Å²) in [5.41, 5.74) is 5.82. The molecule has 1 heterocycles. The SMILES string of the molecule is NC1CCN(CC(=O)N[C@H]2CC[C@@H](C(=O)O)C2)CC1. The second-order valence-electron chi connectivity index (χ2n) is 5.73. The van der Waals surface area contributed by atoms with E-state index in [0.29, 0.717) is 19.4 Å². The first-order chi connectivity index (χ1) is 9.04. The minimum Gasteiger partial charge on any atom is -0.481 e. The zero-order valence-electron chi connectivity index (χ0n) is 11.2. The minimum atomic E-state index is -0.748. The molecule has 108 valence electrons. The zero-order valence-corrected chi connectivity index (χ0v) is 11.2. The number of likely N-dealkylation sites (tertiary alicyclic amines) is 1. The lowest BCUT2D eigenvalue weighted by Crippen LogP contribution is -2.46. The number of amides is 1. The van der Waals surface area contributed by atoms with Crippen LogP contribution in [-0.4, -0.2) is 53.6 Å². The predicted molar refractivity (Wildman–Crippen MR) is 70.6 cm³/mol. The number of nitrogens with two attached hydrogens (primary N) is 1. The van der Waals surface area contributed by atoms with Gasteiger partial charge in [-0.2, -0.15) is 0 Å². The van der Waals surface area contributed by atoms with Gasteiger partial charge in [-0.1, -0.05) is 0 Å². The smallest absolute Gasteiger partial charge is 0.306 e. The second-order valence-corrected chi connectivity index (χ2v) is 5.73. The molecule has 0 spiro atoms. The van der Waals surface area contributed by atoms with E-state index in [2.05, 4.69) is 10.2 Å². The van der Waals surface area contributed by atoms with Crippen LogP contribution in [0.1, 0.15) is 32.1 Å². The number of carboxylic acids is 1. The molecule has 19 heavy (non-hydrogen) atoms. The molecule has 2 atom stereocenters. The first-order valence-electron chi connectivity index (χ1n) is 7.04. The average molecular weight is 269 g/mol. The molecule has 1 aliphatic heterocycles. The lowest BCUT2D eigenvalue weighted by molar-refractivity contribution is -0.141. The van der Waals surface area contributed by atoms with Gasteiger partial charge in [0.15, 0.2) is 0 Å². The summed E-state index contributed by atoms with van der Waals surface area (Å²) in [6.45, 7) is 2.15. The van der Waals surface area contributed by atoms with E-state index in [-0.39, 0.29) is 23.9 Å². The van der Waals surface area contributed by atoms with E-state index in [1.165, 1.54) is 0 Å². The molecule has 1 amide bonds. The van der Waals surface area contributed by atoms with Crippen LogP contribution < -0.4 is 11.1 Å². The largest absolute Gasteiger partial charge is 0.481 e. The third-order valence-electron chi connectivity index (χ3n) is 4.15. The van der Waals surface area contributed by atoms with Gasteiger partial charge in [0.05, 0.1) is 12.5 Å². The van der Waals surface area contributed by atoms with E-state index in [9.17, 15) is 9.59 Å². The molecular weight excluding hydrogens is 246 g/mol. The first-order valence-corrected chi connectivity index (χ1v) is 7.04. The van der Waals surface area contributed by atoms with E-state index in [1.54, 1.807) is 0 Å². The van der Waals surface area contributed by atoms with E-state index in [4.69, 9.17) is 10.8 Å². The van der Waals surface area contributed by atoms with Crippen molar-refractivity contribution in [3.05, 3.63) is 0 Å². The number of carboxylic acid groups (broad SMARTS) is 1. The highest BCUT2D eigenvalue weighted by Crippen LogP contribution is 2.25. The lowest BCUT2D eigenvalue weighted by atomic mass is 10.1. The topological polar surface area (TPSA) is 95.7 Å². The van der Waals surface area contributed by atoms with Crippen LogP contribution in [-0.2, 0) is 9.59 Å². The fourth-order valence-corrected chi connectivity index (χ4v) is 2.92. The maximum Gasteiger partial charge on any atom is 0.306 e. The van der Waals surface area contributed by atoms with Gasteiger partial charge in [-0.05, 0) is 32.1 Å². The summed E-state index contributed by atoms with van der Waals surface area (Å²) >= 11 is 0. The Balaban J connectivity index is 1.69. The number of piperidine rings is 1. The van der Waals surface area contributed by atoms with Crippen LogP contribution in [0.15, 0.2) is 0 Å². The summed E-state index contributed by atoms with van der Waals surface area (Å²) in [6.07, 6.45) is 3.88. The summed E-state index contributed by atoms with van der Waals surface area (Å²) in [7, 11) is 0. The summed E-state index contributed by atoms with van der Waals surface area (Å²) in [5.74, 6) is -1.04. The average Bonchev–Trinajstić information content (AvgIpc) is 2.80. The van der Waals surface area contributed by atoms with Gasteiger partial charge in [0.1, 0.15) is 0 Å². The van der Waals surface area contributed by atoms with Crippen molar-refractivity contribution in [1.82, 2.24) is 10.2 Å². The number of nitrogens with one attached hydrogen (secondary N) is 1. The van der Waals surface area contributed by atoms with E-state index < -0.39 is 5.97 Å². The molecule has 2 fully saturated rings. The number of hydrogen-bond acceptors (Lipinski definition) is 4. The lowest BCUT2D eigenvalue weighted by Gasteiger charge is -2.29. The quantitative estimate of drug-likeness (QED) is 0.656. The van der Waals surface area contributed by atoms with Crippen molar-refractivity contribution >= 4 is 11.9 Å². The molecule has 0 aromatic carbocycles. The Morgan fingerprint density at radius 1 is 1.21 bits per heavy atom. The van der Waals surface area contributed by atoms with Crippen molar-refractivity contribution in [1.29, 1.82) is 0 Å². The predicted octanol–water partition coefficient (Wildman–Crippen LogP) is -0.221. The molecule has 2 aliphatic rings. The fourth-order valence-electron chi connectivity index (χ4n) is 2.92. The van der Waals surface area contributed by atoms with Gasteiger partial charge in [-0.25, -0.2) is 0 Å². The Morgan fingerprint density at radius 3 is 2.47 bits per heavy atom. The van der Waals surface area contributed by atoms with Gasteiger partial charge in [-0.15, -0.1) is 0 Å². The molecule has 0 aromatic heterocycles. The van der Waals surface area contributed by atoms with Crippen molar-refractivity contribution in [3.8, 4) is 0 Å². The number of carbonyl (C=O) groups excluding carboxylic acids is 1. The molecule has 0 aromatic rings. The normalized spacial score (nSPS) is 29.3. The summed E-state index contributed by atoms with van der Waals surface area (Å²) in [4.78, 5) is 24.9. The summed E-state index contributed by atoms with van der Waals surface area (Å²) < 4.78 is 0. The molecule has 0 radical (unpaired) electrons. The number of nitrogens with zero attached hydrogens (tertiary/aromatic N) is 1. The van der Waals surface area contributed by atoms with Crippen LogP contribution in [0.25, 0.3) is 0 Å². The van der Waals surface area contributed by atoms with Gasteiger partial charge in [0, 0.05) is 25.2 Å². The van der Waals surface area contributed by atoms with Gasteiger partial charge < -0.3 is 16.2 Å². The van der Waals surface area contributed by atoms with Crippen molar-refractivity contribution in [2.24, 2.45) is 11.7 Å². The van der Waals surface area contributed by atoms with Crippen molar-refractivity contribution in [3.63, 3.8) is 0 Å². The third-order valence-corrected chi connectivity index (χ3v) is 4.15. The Bertz CT molecular complexity index is 340. The molecule has 1 saturated heterocycles. The Hall–Kier alpha value is -1.14. The molecule has 6 heteroatoms. The number of aliphatic carboxylic acids is 1. The molecule has 0 unspecified atom stereocenters.